The number of rotatable bonds is 5. The molecule has 1 aliphatic rings. The van der Waals surface area contributed by atoms with E-state index in [9.17, 15) is 24.3 Å². The van der Waals surface area contributed by atoms with Gasteiger partial charge in [0.15, 0.2) is 30.7 Å². The maximum atomic E-state index is 11.6. The summed E-state index contributed by atoms with van der Waals surface area (Å²) < 4.78 is 45.7. The molecule has 0 amide bonds. The Kier molecular flexibility index (Phi) is 4.93. The van der Waals surface area contributed by atoms with Crippen LogP contribution in [0.5, 0.6) is 0 Å². The Bertz CT molecular complexity index is 542. The van der Waals surface area contributed by atoms with Crippen molar-refractivity contribution in [2.75, 3.05) is 7.11 Å². The topological polar surface area (TPSA) is 135 Å². The van der Waals surface area contributed by atoms with E-state index in [1.165, 1.54) is 0 Å². The smallest absolute Gasteiger partial charge is 0.337 e. The summed E-state index contributed by atoms with van der Waals surface area (Å²) in [5.41, 5.74) is 0. The Morgan fingerprint density at radius 3 is 1.83 bits per heavy atom. The van der Waals surface area contributed by atoms with Gasteiger partial charge in [-0.2, -0.15) is 0 Å². The van der Waals surface area contributed by atoms with Crippen LogP contribution in [0.3, 0.4) is 0 Å². The molecule has 0 saturated carbocycles. The van der Waals surface area contributed by atoms with Crippen molar-refractivity contribution >= 4 is 23.9 Å². The molecule has 1 heterocycles. The highest BCUT2D eigenvalue weighted by molar-refractivity contribution is 5.75. The number of hydrogen-bond acceptors (Lipinski definition) is 9. The monoisotopic (exact) mass is 337 g/mol. The minimum atomic E-state index is -1.86. The first kappa shape index (κ1) is 14.4. The molecule has 1 unspecified atom stereocenters. The van der Waals surface area contributed by atoms with Crippen molar-refractivity contribution in [3.05, 3.63) is 0 Å². The van der Waals surface area contributed by atoms with Gasteiger partial charge in [-0.1, -0.05) is 0 Å². The van der Waals surface area contributed by atoms with Crippen LogP contribution < -0.4 is 0 Å². The molecule has 23 heavy (non-hydrogen) atoms. The van der Waals surface area contributed by atoms with Gasteiger partial charge in [0.1, 0.15) is 0 Å². The van der Waals surface area contributed by atoms with E-state index in [-0.39, 0.29) is 0 Å². The average molecular weight is 337 g/mol. The molecule has 1 fully saturated rings. The third-order valence-corrected chi connectivity index (χ3v) is 2.77. The first-order chi connectivity index (χ1) is 12.3. The summed E-state index contributed by atoms with van der Waals surface area (Å²) in [5.74, 6) is -4.91. The van der Waals surface area contributed by atoms with E-state index in [0.29, 0.717) is 0 Å². The maximum Gasteiger partial charge on any atom is 0.337 e. The van der Waals surface area contributed by atoms with E-state index in [2.05, 4.69) is 0 Å². The minimum Gasteiger partial charge on any atom is -0.479 e. The zero-order valence-corrected chi connectivity index (χ0v) is 12.1. The number of carbonyl (C=O) groups excluding carboxylic acids is 3. The molecule has 0 aromatic rings. The van der Waals surface area contributed by atoms with Crippen molar-refractivity contribution in [1.82, 2.24) is 0 Å². The summed E-state index contributed by atoms with van der Waals surface area (Å²) >= 11 is 0. The van der Waals surface area contributed by atoms with Crippen LogP contribution in [0, 0.1) is 0 Å². The number of hydrogen-bond donors (Lipinski definition) is 1. The van der Waals surface area contributed by atoms with Gasteiger partial charge in [0.2, 0.25) is 0 Å². The Morgan fingerprint density at radius 1 is 0.913 bits per heavy atom. The molecule has 0 aliphatic carbocycles. The molecule has 0 radical (unpaired) electrons. The van der Waals surface area contributed by atoms with Gasteiger partial charge in [-0.3, -0.25) is 14.4 Å². The van der Waals surface area contributed by atoms with Crippen molar-refractivity contribution < 1.29 is 52.1 Å². The fourth-order valence-corrected chi connectivity index (χ4v) is 2.04. The van der Waals surface area contributed by atoms with Gasteiger partial charge in [-0.05, 0) is 0 Å². The fraction of sp³-hybridized carbons (Fsp3) is 0.692. The molecule has 5 atom stereocenters. The van der Waals surface area contributed by atoms with E-state index in [1.54, 1.807) is 0 Å². The number of methoxy groups -OCH3 is 1. The van der Waals surface area contributed by atoms with Gasteiger partial charge < -0.3 is 28.8 Å². The molecular weight excluding hydrogens is 316 g/mol. The molecule has 1 aliphatic heterocycles. The Balaban J connectivity index is 3.29. The minimum absolute atomic E-state index is 0.800. The second kappa shape index (κ2) is 7.88. The maximum absolute atomic E-state index is 11.6. The molecule has 1 N–H and O–H groups in total. The van der Waals surface area contributed by atoms with E-state index in [1.807, 2.05) is 0 Å². The Labute approximate surface area is 135 Å². The lowest BCUT2D eigenvalue weighted by Crippen LogP contribution is -2.63. The predicted octanol–water partition coefficient (Wildman–Crippen LogP) is -0.763. The molecule has 0 spiro atoms. The summed E-state index contributed by atoms with van der Waals surface area (Å²) in [6.07, 6.45) is -8.38. The molecule has 10 heteroatoms. The summed E-state index contributed by atoms with van der Waals surface area (Å²) in [7, 11) is 1.10. The second-order valence-corrected chi connectivity index (χ2v) is 4.36. The third kappa shape index (κ3) is 4.89. The lowest BCUT2D eigenvalue weighted by molar-refractivity contribution is -0.295. The van der Waals surface area contributed by atoms with Crippen LogP contribution in [0.4, 0.5) is 0 Å². The van der Waals surface area contributed by atoms with E-state index >= 15 is 0 Å². The van der Waals surface area contributed by atoms with Crippen molar-refractivity contribution in [3.8, 4) is 0 Å². The molecule has 0 aromatic heterocycles. The number of carbonyl (C=O) groups is 4. The molecular formula is C13H18O10. The van der Waals surface area contributed by atoms with Gasteiger partial charge in [-0.25, -0.2) is 4.79 Å². The SMILES string of the molecule is [2H]CC(=O)O[C@H]1[C@H](OC(=O)C[2H])[C@@H](OC(=O)C[2H])C(OC)O[C@@H]1C(=O)O. The van der Waals surface area contributed by atoms with Gasteiger partial charge in [0.25, 0.3) is 0 Å². The highest BCUT2D eigenvalue weighted by atomic mass is 16.7. The molecule has 1 rings (SSSR count). The summed E-state index contributed by atoms with van der Waals surface area (Å²) in [4.78, 5) is 46.0. The number of carboxylic acid groups (broad SMARTS) is 1. The summed E-state index contributed by atoms with van der Waals surface area (Å²) in [5, 5.41) is 9.30. The van der Waals surface area contributed by atoms with Crippen molar-refractivity contribution in [2.45, 2.75) is 51.4 Å². The zero-order chi connectivity index (χ0) is 19.9. The largest absolute Gasteiger partial charge is 0.479 e. The number of esters is 3. The van der Waals surface area contributed by atoms with Gasteiger partial charge in [0.05, 0.1) is 0 Å². The van der Waals surface area contributed by atoms with E-state index in [4.69, 9.17) is 27.8 Å². The quantitative estimate of drug-likeness (QED) is 0.503. The third-order valence-electron chi connectivity index (χ3n) is 2.77. The number of carboxylic acids is 1. The lowest BCUT2D eigenvalue weighted by Gasteiger charge is -2.42. The van der Waals surface area contributed by atoms with E-state index < -0.39 is 75.3 Å². The van der Waals surface area contributed by atoms with Crippen LogP contribution in [0.15, 0.2) is 0 Å². The van der Waals surface area contributed by atoms with Crippen molar-refractivity contribution in [3.63, 3.8) is 0 Å². The Morgan fingerprint density at radius 2 is 1.39 bits per heavy atom. The lowest BCUT2D eigenvalue weighted by atomic mass is 9.98. The van der Waals surface area contributed by atoms with E-state index in [0.717, 1.165) is 7.11 Å². The molecule has 0 aromatic carbocycles. The highest BCUT2D eigenvalue weighted by Crippen LogP contribution is 2.29. The normalized spacial score (nSPS) is 31.9. The molecule has 130 valence electrons. The van der Waals surface area contributed by atoms with Crippen LogP contribution in [0.25, 0.3) is 0 Å². The first-order valence-electron chi connectivity index (χ1n) is 8.28. The van der Waals surface area contributed by atoms with Crippen LogP contribution >= 0.6 is 0 Å². The standard InChI is InChI=1S/C13H18O10/c1-5(14)20-8-9(21-6(2)15)11(22-7(3)16)13(19-4)23-10(8)12(17)18/h8-11,13H,1-4H3,(H,17,18)/t8-,9-,10-,11+,13?/m0/s1/i1D,2D,3D. The van der Waals surface area contributed by atoms with Crippen molar-refractivity contribution in [1.29, 1.82) is 0 Å². The predicted molar refractivity (Wildman–Crippen MR) is 70.0 cm³/mol. The number of ether oxygens (including phenoxy) is 5. The summed E-state index contributed by atoms with van der Waals surface area (Å²) in [6.45, 7) is -2.50. The number of aliphatic carboxylic acids is 1. The Hall–Kier alpha value is -2.20. The molecule has 10 nitrogen and oxygen atoms in total. The molecule has 0 bridgehead atoms. The van der Waals surface area contributed by atoms with Crippen LogP contribution in [-0.2, 0) is 42.9 Å². The van der Waals surface area contributed by atoms with Gasteiger partial charge in [0, 0.05) is 31.9 Å². The van der Waals surface area contributed by atoms with Crippen LogP contribution in [0.1, 0.15) is 24.8 Å². The zero-order valence-electron chi connectivity index (χ0n) is 15.1. The van der Waals surface area contributed by atoms with Gasteiger partial charge in [-0.15, -0.1) is 0 Å². The van der Waals surface area contributed by atoms with Crippen LogP contribution in [-0.4, -0.2) is 66.8 Å². The first-order valence-corrected chi connectivity index (χ1v) is 6.16. The fourth-order valence-electron chi connectivity index (χ4n) is 2.04. The second-order valence-electron chi connectivity index (χ2n) is 4.36. The van der Waals surface area contributed by atoms with Crippen molar-refractivity contribution in [2.24, 2.45) is 0 Å². The highest BCUT2D eigenvalue weighted by Gasteiger charge is 2.54. The summed E-state index contributed by atoms with van der Waals surface area (Å²) in [6, 6.07) is 0. The molecule has 1 saturated heterocycles. The van der Waals surface area contributed by atoms with Crippen LogP contribution in [0.2, 0.25) is 0 Å². The van der Waals surface area contributed by atoms with Gasteiger partial charge >= 0.3 is 23.9 Å². The average Bonchev–Trinajstić information content (AvgIpc) is 2.63.